The van der Waals surface area contributed by atoms with Crippen LogP contribution in [0.25, 0.3) is 0 Å². The van der Waals surface area contributed by atoms with E-state index in [1.54, 1.807) is 12.1 Å². The molecule has 3 unspecified atom stereocenters. The predicted octanol–water partition coefficient (Wildman–Crippen LogP) is 3.06. The second kappa shape index (κ2) is 6.85. The smallest absolute Gasteiger partial charge is 0.322 e. The molecule has 0 bridgehead atoms. The molecule has 0 amide bonds. The number of hydrogen-bond acceptors (Lipinski definition) is 3. The van der Waals surface area contributed by atoms with E-state index in [0.717, 1.165) is 25.7 Å². The molecule has 0 saturated carbocycles. The van der Waals surface area contributed by atoms with Crippen molar-refractivity contribution in [2.24, 2.45) is 0 Å². The van der Waals surface area contributed by atoms with E-state index >= 15 is 0 Å². The Balaban J connectivity index is 1.96. The molecule has 0 N–H and O–H groups in total. The van der Waals surface area contributed by atoms with Crippen molar-refractivity contribution in [1.82, 2.24) is 0 Å². The normalized spacial score (nSPS) is 24.8. The largest absolute Gasteiger partial charge is 0.461 e. The number of ether oxygens (including phenoxy) is 1. The molecule has 1 heterocycles. The molecular formula is C15H20O3S. The second-order valence-corrected chi connectivity index (χ2v) is 6.51. The zero-order valence-corrected chi connectivity index (χ0v) is 12.0. The molecule has 3 nitrogen and oxygen atoms in total. The molecular weight excluding hydrogens is 260 g/mol. The number of unbranched alkanes of at least 4 members (excludes halogenated alkanes) is 1. The first kappa shape index (κ1) is 14.3. The standard InChI is InChI=1S/C15H20O3S/c1-2-3-7-12-10-11-14(15(16)18-12)19(17)13-8-5-4-6-9-13/h4-6,8-9,12,14H,2-3,7,10-11H2,1H3. The van der Waals surface area contributed by atoms with Gasteiger partial charge in [-0.05, 0) is 31.4 Å². The van der Waals surface area contributed by atoms with Crippen LogP contribution in [0.3, 0.4) is 0 Å². The quantitative estimate of drug-likeness (QED) is 0.779. The van der Waals surface area contributed by atoms with Crippen molar-refractivity contribution in [2.75, 3.05) is 0 Å². The molecule has 0 aromatic heterocycles. The van der Waals surface area contributed by atoms with E-state index in [-0.39, 0.29) is 12.1 Å². The number of rotatable bonds is 5. The van der Waals surface area contributed by atoms with Gasteiger partial charge in [-0.1, -0.05) is 38.0 Å². The number of benzene rings is 1. The fourth-order valence-corrected chi connectivity index (χ4v) is 3.64. The Morgan fingerprint density at radius 1 is 1.26 bits per heavy atom. The number of hydrogen-bond donors (Lipinski definition) is 0. The number of carbonyl (C=O) groups is 1. The van der Waals surface area contributed by atoms with Crippen molar-refractivity contribution >= 4 is 16.8 Å². The number of cyclic esters (lactones) is 1. The van der Waals surface area contributed by atoms with E-state index in [9.17, 15) is 9.00 Å². The zero-order valence-electron chi connectivity index (χ0n) is 11.2. The van der Waals surface area contributed by atoms with Gasteiger partial charge in [0.15, 0.2) is 0 Å². The fraction of sp³-hybridized carbons (Fsp3) is 0.533. The van der Waals surface area contributed by atoms with Crippen LogP contribution in [0.15, 0.2) is 35.2 Å². The summed E-state index contributed by atoms with van der Waals surface area (Å²) in [7, 11) is -1.30. The Bertz CT molecular complexity index is 444. The minimum atomic E-state index is -1.30. The Labute approximate surface area is 116 Å². The molecule has 104 valence electrons. The van der Waals surface area contributed by atoms with Gasteiger partial charge < -0.3 is 4.74 Å². The third kappa shape index (κ3) is 3.66. The van der Waals surface area contributed by atoms with Gasteiger partial charge in [0, 0.05) is 4.90 Å². The maximum atomic E-state index is 12.3. The predicted molar refractivity (Wildman–Crippen MR) is 75.3 cm³/mol. The lowest BCUT2D eigenvalue weighted by Crippen LogP contribution is -2.37. The van der Waals surface area contributed by atoms with E-state index in [1.807, 2.05) is 18.2 Å². The second-order valence-electron chi connectivity index (χ2n) is 4.88. The lowest BCUT2D eigenvalue weighted by Gasteiger charge is -2.27. The van der Waals surface area contributed by atoms with Crippen LogP contribution < -0.4 is 0 Å². The van der Waals surface area contributed by atoms with Crippen molar-refractivity contribution in [3.63, 3.8) is 0 Å². The summed E-state index contributed by atoms with van der Waals surface area (Å²) in [4.78, 5) is 12.7. The summed E-state index contributed by atoms with van der Waals surface area (Å²) in [5, 5.41) is -0.500. The minimum absolute atomic E-state index is 0.0245. The number of esters is 1. The van der Waals surface area contributed by atoms with E-state index < -0.39 is 16.0 Å². The van der Waals surface area contributed by atoms with Crippen LogP contribution in [0, 0.1) is 0 Å². The van der Waals surface area contributed by atoms with Gasteiger partial charge in [0.1, 0.15) is 11.4 Å². The summed E-state index contributed by atoms with van der Waals surface area (Å²) in [6, 6.07) is 9.15. The molecule has 4 heteroatoms. The molecule has 2 rings (SSSR count). The highest BCUT2D eigenvalue weighted by Gasteiger charge is 2.34. The highest BCUT2D eigenvalue weighted by Crippen LogP contribution is 2.25. The molecule has 19 heavy (non-hydrogen) atoms. The van der Waals surface area contributed by atoms with Gasteiger partial charge in [0.05, 0.1) is 10.8 Å². The highest BCUT2D eigenvalue weighted by molar-refractivity contribution is 7.86. The lowest BCUT2D eigenvalue weighted by atomic mass is 10.0. The third-order valence-corrected chi connectivity index (χ3v) is 5.09. The van der Waals surface area contributed by atoms with Crippen molar-refractivity contribution in [1.29, 1.82) is 0 Å². The summed E-state index contributed by atoms with van der Waals surface area (Å²) in [5.41, 5.74) is 0. The molecule has 0 aliphatic carbocycles. The Kier molecular flexibility index (Phi) is 5.14. The topological polar surface area (TPSA) is 43.4 Å². The maximum absolute atomic E-state index is 12.3. The molecule has 1 aliphatic rings. The van der Waals surface area contributed by atoms with Gasteiger partial charge in [-0.15, -0.1) is 0 Å². The molecule has 0 radical (unpaired) electrons. The molecule has 0 spiro atoms. The zero-order chi connectivity index (χ0) is 13.7. The van der Waals surface area contributed by atoms with E-state index in [1.165, 1.54) is 0 Å². The summed E-state index contributed by atoms with van der Waals surface area (Å²) in [6.45, 7) is 2.12. The van der Waals surface area contributed by atoms with Crippen molar-refractivity contribution in [3.8, 4) is 0 Å². The van der Waals surface area contributed by atoms with Gasteiger partial charge in [0.2, 0.25) is 0 Å². The Morgan fingerprint density at radius 3 is 2.63 bits per heavy atom. The maximum Gasteiger partial charge on any atom is 0.322 e. The highest BCUT2D eigenvalue weighted by atomic mass is 32.2. The average Bonchev–Trinajstić information content (AvgIpc) is 2.45. The molecule has 1 fully saturated rings. The average molecular weight is 280 g/mol. The summed E-state index contributed by atoms with van der Waals surface area (Å²) in [5.74, 6) is -0.297. The molecule has 1 aromatic rings. The van der Waals surface area contributed by atoms with E-state index in [4.69, 9.17) is 4.74 Å². The summed E-state index contributed by atoms with van der Waals surface area (Å²) >= 11 is 0. The Morgan fingerprint density at radius 2 is 2.00 bits per heavy atom. The summed E-state index contributed by atoms with van der Waals surface area (Å²) in [6.07, 6.45) is 4.62. The van der Waals surface area contributed by atoms with Gasteiger partial charge in [-0.2, -0.15) is 0 Å². The molecule has 1 aromatic carbocycles. The first-order chi connectivity index (χ1) is 9.22. The third-order valence-electron chi connectivity index (χ3n) is 3.41. The fourth-order valence-electron chi connectivity index (χ4n) is 2.30. The monoisotopic (exact) mass is 280 g/mol. The SMILES string of the molecule is CCCCC1CCC(S(=O)c2ccccc2)C(=O)O1. The first-order valence-electron chi connectivity index (χ1n) is 6.88. The van der Waals surface area contributed by atoms with Gasteiger partial charge in [0.25, 0.3) is 0 Å². The van der Waals surface area contributed by atoms with Crippen LogP contribution in [-0.4, -0.2) is 21.5 Å². The van der Waals surface area contributed by atoms with Gasteiger partial charge in [-0.3, -0.25) is 9.00 Å². The van der Waals surface area contributed by atoms with Crippen LogP contribution in [0.2, 0.25) is 0 Å². The van der Waals surface area contributed by atoms with Crippen molar-refractivity contribution in [3.05, 3.63) is 30.3 Å². The molecule has 1 saturated heterocycles. The summed E-state index contributed by atoms with van der Waals surface area (Å²) < 4.78 is 17.8. The first-order valence-corrected chi connectivity index (χ1v) is 8.09. The van der Waals surface area contributed by atoms with E-state index in [0.29, 0.717) is 11.3 Å². The van der Waals surface area contributed by atoms with Crippen LogP contribution in [0.1, 0.15) is 39.0 Å². The van der Waals surface area contributed by atoms with E-state index in [2.05, 4.69) is 6.92 Å². The van der Waals surface area contributed by atoms with Crippen LogP contribution in [0.5, 0.6) is 0 Å². The van der Waals surface area contributed by atoms with Gasteiger partial charge in [-0.25, -0.2) is 0 Å². The van der Waals surface area contributed by atoms with Crippen LogP contribution >= 0.6 is 0 Å². The minimum Gasteiger partial charge on any atom is -0.461 e. The van der Waals surface area contributed by atoms with Crippen LogP contribution in [0.4, 0.5) is 0 Å². The van der Waals surface area contributed by atoms with Crippen LogP contribution in [-0.2, 0) is 20.3 Å². The van der Waals surface area contributed by atoms with Crippen molar-refractivity contribution < 1.29 is 13.7 Å². The number of carbonyl (C=O) groups excluding carboxylic acids is 1. The van der Waals surface area contributed by atoms with Crippen molar-refractivity contribution in [2.45, 2.75) is 55.3 Å². The lowest BCUT2D eigenvalue weighted by molar-refractivity contribution is -0.153. The Hall–Kier alpha value is -1.16. The van der Waals surface area contributed by atoms with Gasteiger partial charge >= 0.3 is 5.97 Å². The molecule has 3 atom stereocenters. The molecule has 1 aliphatic heterocycles.